The van der Waals surface area contributed by atoms with Crippen molar-refractivity contribution >= 4 is 34.6 Å². The van der Waals surface area contributed by atoms with E-state index in [1.165, 1.54) is 0 Å². The van der Waals surface area contributed by atoms with Gasteiger partial charge in [0.15, 0.2) is 0 Å². The minimum Gasteiger partial charge on any atom is -0.398 e. The van der Waals surface area contributed by atoms with Crippen molar-refractivity contribution in [1.82, 2.24) is 0 Å². The Morgan fingerprint density at radius 2 is 1.13 bits per heavy atom. The second kappa shape index (κ2) is 9.39. The Balaban J connectivity index is 2.27. The highest BCUT2D eigenvalue weighted by molar-refractivity contribution is 5.91. The Morgan fingerprint density at radius 1 is 0.774 bits per heavy atom. The molecule has 0 saturated carbocycles. The van der Waals surface area contributed by atoms with Gasteiger partial charge < -0.3 is 26.8 Å². The molecule has 0 radical (unpaired) electrons. The predicted octanol–water partition coefficient (Wildman–Crippen LogP) is 4.74. The Bertz CT molecular complexity index is 890. The highest BCUT2D eigenvalue weighted by Gasteiger charge is 2.34. The smallest absolute Gasteiger partial charge is 0.224 e. The fraction of sp³-hybridized carbons (Fsp3) is 0.417. The third-order valence-electron chi connectivity index (χ3n) is 5.12. The van der Waals surface area contributed by atoms with Crippen molar-refractivity contribution in [3.8, 4) is 0 Å². The predicted molar refractivity (Wildman–Crippen MR) is 127 cm³/mol. The summed E-state index contributed by atoms with van der Waals surface area (Å²) in [5.74, 6) is -0.143. The Hall–Kier alpha value is -3.06. The maximum absolute atomic E-state index is 11.6. The zero-order valence-corrected chi connectivity index (χ0v) is 19.3. The third kappa shape index (κ3) is 5.98. The van der Waals surface area contributed by atoms with Crippen molar-refractivity contribution in [1.29, 1.82) is 0 Å². The maximum Gasteiger partial charge on any atom is 0.224 e. The van der Waals surface area contributed by atoms with Gasteiger partial charge in [0.05, 0.1) is 11.2 Å². The molecule has 2 rings (SSSR count). The second-order valence-corrected chi connectivity index (χ2v) is 8.53. The molecule has 31 heavy (non-hydrogen) atoms. The van der Waals surface area contributed by atoms with E-state index in [0.29, 0.717) is 35.6 Å². The van der Waals surface area contributed by atoms with Crippen molar-refractivity contribution in [2.75, 3.05) is 22.1 Å². The lowest BCUT2D eigenvalue weighted by atomic mass is 9.91. The zero-order valence-electron chi connectivity index (χ0n) is 19.3. The number of hydrogen-bond acceptors (Lipinski definition) is 5. The van der Waals surface area contributed by atoms with Crippen molar-refractivity contribution < 1.29 is 14.3 Å². The quantitative estimate of drug-likeness (QED) is 0.455. The lowest BCUT2D eigenvalue weighted by Gasteiger charge is -2.38. The first kappa shape index (κ1) is 24.2. The van der Waals surface area contributed by atoms with Gasteiger partial charge in [0.25, 0.3) is 0 Å². The van der Waals surface area contributed by atoms with Crippen LogP contribution < -0.4 is 22.1 Å². The van der Waals surface area contributed by atoms with Gasteiger partial charge in [-0.3, -0.25) is 9.59 Å². The Morgan fingerprint density at radius 3 is 1.42 bits per heavy atom. The number of ether oxygens (including phenoxy) is 1. The van der Waals surface area contributed by atoms with Crippen molar-refractivity contribution in [2.24, 2.45) is 0 Å². The van der Waals surface area contributed by atoms with Crippen LogP contribution in [-0.2, 0) is 25.5 Å². The standard InChI is InChI=1S/C24H34N4O3/c1-7-21(29)27-15-9-11-17(19(25)13-15)23(3,4)31-24(5,6)18-12-10-16(14-20(18)26)28-22(30)8-2/h9-14H,7-8,25-26H2,1-6H3,(H,27,29)(H,28,30). The highest BCUT2D eigenvalue weighted by Crippen LogP contribution is 2.40. The van der Waals surface area contributed by atoms with Crippen LogP contribution >= 0.6 is 0 Å². The molecular formula is C24H34N4O3. The van der Waals surface area contributed by atoms with E-state index in [1.807, 2.05) is 52.0 Å². The van der Waals surface area contributed by atoms with E-state index in [1.54, 1.807) is 26.0 Å². The third-order valence-corrected chi connectivity index (χ3v) is 5.12. The summed E-state index contributed by atoms with van der Waals surface area (Å²) in [6, 6.07) is 10.8. The number of amides is 2. The molecule has 0 unspecified atom stereocenters. The molecule has 0 atom stereocenters. The lowest BCUT2D eigenvalue weighted by Crippen LogP contribution is -2.34. The molecule has 2 amide bonds. The average molecular weight is 427 g/mol. The number of nitrogens with two attached hydrogens (primary N) is 2. The number of nitrogens with one attached hydrogen (secondary N) is 2. The first-order chi connectivity index (χ1) is 14.4. The molecular weight excluding hydrogens is 392 g/mol. The van der Waals surface area contributed by atoms with Crippen molar-refractivity contribution in [3.05, 3.63) is 47.5 Å². The number of rotatable bonds is 8. The Labute approximate surface area is 184 Å². The summed E-state index contributed by atoms with van der Waals surface area (Å²) >= 11 is 0. The van der Waals surface area contributed by atoms with Gasteiger partial charge in [0.1, 0.15) is 0 Å². The van der Waals surface area contributed by atoms with E-state index in [4.69, 9.17) is 16.2 Å². The second-order valence-electron chi connectivity index (χ2n) is 8.53. The van der Waals surface area contributed by atoms with Gasteiger partial charge in [-0.2, -0.15) is 0 Å². The molecule has 0 spiro atoms. The molecule has 7 nitrogen and oxygen atoms in total. The Kier molecular flexibility index (Phi) is 7.33. The van der Waals surface area contributed by atoms with E-state index in [0.717, 1.165) is 11.1 Å². The average Bonchev–Trinajstić information content (AvgIpc) is 2.66. The van der Waals surface area contributed by atoms with Gasteiger partial charge in [-0.25, -0.2) is 0 Å². The van der Waals surface area contributed by atoms with E-state index >= 15 is 0 Å². The molecule has 0 bridgehead atoms. The van der Waals surface area contributed by atoms with Crippen molar-refractivity contribution in [2.45, 2.75) is 65.6 Å². The molecule has 2 aromatic carbocycles. The van der Waals surface area contributed by atoms with Crippen LogP contribution in [0, 0.1) is 0 Å². The fourth-order valence-corrected chi connectivity index (χ4v) is 3.62. The van der Waals surface area contributed by atoms with Crippen LogP contribution in [0.2, 0.25) is 0 Å². The number of nitrogen functional groups attached to an aromatic ring is 2. The number of hydrogen-bond donors (Lipinski definition) is 4. The molecule has 6 N–H and O–H groups in total. The van der Waals surface area contributed by atoms with Crippen LogP contribution in [0.4, 0.5) is 22.7 Å². The first-order valence-corrected chi connectivity index (χ1v) is 10.5. The molecule has 0 saturated heterocycles. The topological polar surface area (TPSA) is 119 Å². The summed E-state index contributed by atoms with van der Waals surface area (Å²) in [6.07, 6.45) is 0.791. The summed E-state index contributed by atoms with van der Waals surface area (Å²) < 4.78 is 6.51. The van der Waals surface area contributed by atoms with Crippen LogP contribution in [0.15, 0.2) is 36.4 Å². The molecule has 0 aliphatic rings. The molecule has 0 heterocycles. The van der Waals surface area contributed by atoms with Gasteiger partial charge in [0, 0.05) is 46.7 Å². The SMILES string of the molecule is CCC(=O)Nc1ccc(C(C)(C)OC(C)(C)c2ccc(NC(=O)CC)cc2N)c(N)c1. The highest BCUT2D eigenvalue weighted by atomic mass is 16.5. The van der Waals surface area contributed by atoms with Crippen LogP contribution in [0.25, 0.3) is 0 Å². The summed E-state index contributed by atoms with van der Waals surface area (Å²) in [6.45, 7) is 11.4. The molecule has 0 aliphatic heterocycles. The summed E-state index contributed by atoms with van der Waals surface area (Å²) in [7, 11) is 0. The summed E-state index contributed by atoms with van der Waals surface area (Å²) in [5, 5.41) is 5.62. The number of carbonyl (C=O) groups excluding carboxylic acids is 2. The van der Waals surface area contributed by atoms with Crippen LogP contribution in [-0.4, -0.2) is 11.8 Å². The molecule has 0 fully saturated rings. The van der Waals surface area contributed by atoms with Gasteiger partial charge >= 0.3 is 0 Å². The minimum absolute atomic E-state index is 0.0714. The van der Waals surface area contributed by atoms with Crippen LogP contribution in [0.1, 0.15) is 65.5 Å². The van der Waals surface area contributed by atoms with E-state index in [-0.39, 0.29) is 11.8 Å². The van der Waals surface area contributed by atoms with E-state index in [9.17, 15) is 9.59 Å². The van der Waals surface area contributed by atoms with Gasteiger partial charge in [-0.1, -0.05) is 26.0 Å². The largest absolute Gasteiger partial charge is 0.398 e. The van der Waals surface area contributed by atoms with E-state index in [2.05, 4.69) is 10.6 Å². The number of benzene rings is 2. The normalized spacial score (nSPS) is 11.8. The van der Waals surface area contributed by atoms with Gasteiger partial charge in [-0.05, 0) is 52.0 Å². The molecule has 168 valence electrons. The summed E-state index contributed by atoms with van der Waals surface area (Å²) in [4.78, 5) is 23.3. The van der Waals surface area contributed by atoms with Crippen molar-refractivity contribution in [3.63, 3.8) is 0 Å². The molecule has 0 aromatic heterocycles. The van der Waals surface area contributed by atoms with Gasteiger partial charge in [-0.15, -0.1) is 0 Å². The lowest BCUT2D eigenvalue weighted by molar-refractivity contribution is -0.131. The first-order valence-electron chi connectivity index (χ1n) is 10.5. The summed E-state index contributed by atoms with van der Waals surface area (Å²) in [5.41, 5.74) is 15.1. The zero-order chi connectivity index (χ0) is 23.4. The fourth-order valence-electron chi connectivity index (χ4n) is 3.62. The number of anilines is 4. The van der Waals surface area contributed by atoms with Crippen LogP contribution in [0.3, 0.4) is 0 Å². The molecule has 2 aromatic rings. The maximum atomic E-state index is 11.6. The van der Waals surface area contributed by atoms with Gasteiger partial charge in [0.2, 0.25) is 11.8 Å². The molecule has 7 heteroatoms. The molecule has 0 aliphatic carbocycles. The monoisotopic (exact) mass is 426 g/mol. The number of carbonyl (C=O) groups is 2. The van der Waals surface area contributed by atoms with E-state index < -0.39 is 11.2 Å². The minimum atomic E-state index is -0.734. The van der Waals surface area contributed by atoms with Crippen LogP contribution in [0.5, 0.6) is 0 Å².